The molecule has 0 amide bonds. The molecule has 0 aliphatic heterocycles. The summed E-state index contributed by atoms with van der Waals surface area (Å²) >= 11 is 12.1. The Hall–Kier alpha value is -4.14. The molecule has 5 aromatic rings. The van der Waals surface area contributed by atoms with Gasteiger partial charge in [-0.05, 0) is 54.6 Å². The third-order valence-corrected chi connectivity index (χ3v) is 6.91. The minimum absolute atomic E-state index is 0.0707. The van der Waals surface area contributed by atoms with Crippen LogP contribution in [-0.2, 0) is 6.18 Å². The van der Waals surface area contributed by atoms with Crippen molar-refractivity contribution in [3.63, 3.8) is 0 Å². The Bertz CT molecular complexity index is 1760. The first-order valence-electron chi connectivity index (χ1n) is 11.2. The van der Waals surface area contributed by atoms with E-state index in [0.717, 1.165) is 12.1 Å². The zero-order chi connectivity index (χ0) is 26.8. The Morgan fingerprint density at radius 2 is 1.45 bits per heavy atom. The number of benzene rings is 3. The van der Waals surface area contributed by atoms with Gasteiger partial charge in [-0.25, -0.2) is 0 Å². The van der Waals surface area contributed by atoms with E-state index >= 15 is 0 Å². The second-order valence-corrected chi connectivity index (χ2v) is 9.36. The van der Waals surface area contributed by atoms with Crippen LogP contribution in [0, 0.1) is 0 Å². The van der Waals surface area contributed by atoms with Gasteiger partial charge in [-0.1, -0.05) is 41.4 Å². The molecule has 0 spiro atoms. The van der Waals surface area contributed by atoms with Gasteiger partial charge in [-0.15, -0.1) is 0 Å². The molecule has 0 fully saturated rings. The number of ketones is 2. The lowest BCUT2D eigenvalue weighted by Gasteiger charge is -2.07. The quantitative estimate of drug-likeness (QED) is 0.167. The van der Waals surface area contributed by atoms with Gasteiger partial charge >= 0.3 is 6.18 Å². The zero-order valence-electron chi connectivity index (χ0n) is 19.0. The van der Waals surface area contributed by atoms with E-state index in [-0.39, 0.29) is 32.6 Å². The van der Waals surface area contributed by atoms with E-state index < -0.39 is 23.3 Å². The van der Waals surface area contributed by atoms with Crippen molar-refractivity contribution in [1.82, 2.24) is 9.55 Å². The summed E-state index contributed by atoms with van der Waals surface area (Å²) in [5.74, 6) is -0.851. The molecule has 1 aliphatic carbocycles. The molecule has 1 aliphatic rings. The third kappa shape index (κ3) is 3.93. The van der Waals surface area contributed by atoms with Crippen LogP contribution in [0.1, 0.15) is 32.0 Å². The third-order valence-electron chi connectivity index (χ3n) is 6.19. The summed E-state index contributed by atoms with van der Waals surface area (Å²) in [6.45, 7) is 0. The van der Waals surface area contributed by atoms with Crippen LogP contribution in [0.4, 0.5) is 13.2 Å². The molecule has 0 atom stereocenters. The Labute approximate surface area is 222 Å². The van der Waals surface area contributed by atoms with Crippen LogP contribution < -0.4 is 0 Å². The molecule has 2 heterocycles. The van der Waals surface area contributed by atoms with Gasteiger partial charge < -0.3 is 4.42 Å². The largest absolute Gasteiger partial charge is 0.434 e. The molecule has 0 saturated carbocycles. The minimum Gasteiger partial charge on any atom is -0.434 e. The summed E-state index contributed by atoms with van der Waals surface area (Å²) in [6, 6.07) is 17.9. The molecule has 38 heavy (non-hydrogen) atoms. The predicted octanol–water partition coefficient (Wildman–Crippen LogP) is 8.07. The SMILES string of the molecule is O=C1C(=Cc2cc3oc(-c4ccc(C(F)(F)F)cc4)nc3n2-c2ccccc2)C(=O)c2cc(Cl)c(Cl)cc21. The number of nitrogens with zero attached hydrogens (tertiary/aromatic N) is 2. The lowest BCUT2D eigenvalue weighted by atomic mass is 10.1. The maximum Gasteiger partial charge on any atom is 0.416 e. The monoisotopic (exact) mass is 552 g/mol. The van der Waals surface area contributed by atoms with Crippen molar-refractivity contribution in [3.8, 4) is 17.1 Å². The highest BCUT2D eigenvalue weighted by atomic mass is 35.5. The Morgan fingerprint density at radius 3 is 2.03 bits per heavy atom. The number of alkyl halides is 3. The van der Waals surface area contributed by atoms with Crippen LogP contribution in [0.15, 0.2) is 82.8 Å². The standard InChI is InChI=1S/C28H13Cl2F3N2O3/c29-21-12-18-19(13-22(21)30)25(37)20(24(18)36)10-17-11-23-26(35(17)16-4-2-1-3-5-16)34-27(38-23)14-6-8-15(9-7-14)28(31,32)33/h1-13H. The van der Waals surface area contributed by atoms with Gasteiger partial charge in [-0.3, -0.25) is 14.2 Å². The second-order valence-electron chi connectivity index (χ2n) is 8.55. The van der Waals surface area contributed by atoms with E-state index in [1.807, 2.05) is 6.07 Å². The molecule has 0 bridgehead atoms. The first kappa shape index (κ1) is 24.2. The number of para-hydroxylation sites is 1. The molecule has 0 unspecified atom stereocenters. The van der Waals surface area contributed by atoms with Crippen molar-refractivity contribution in [3.05, 3.63) is 111 Å². The van der Waals surface area contributed by atoms with E-state index in [2.05, 4.69) is 4.98 Å². The lowest BCUT2D eigenvalue weighted by Crippen LogP contribution is -2.04. The summed E-state index contributed by atoms with van der Waals surface area (Å²) in [6.07, 6.45) is -3.01. The van der Waals surface area contributed by atoms with Gasteiger partial charge in [0.15, 0.2) is 22.8 Å². The normalized spacial score (nSPS) is 13.4. The van der Waals surface area contributed by atoms with E-state index in [0.29, 0.717) is 28.2 Å². The smallest absolute Gasteiger partial charge is 0.416 e. The average molecular weight is 553 g/mol. The van der Waals surface area contributed by atoms with Crippen molar-refractivity contribution in [2.24, 2.45) is 0 Å². The van der Waals surface area contributed by atoms with E-state index in [1.54, 1.807) is 34.9 Å². The fraction of sp³-hybridized carbons (Fsp3) is 0.0357. The molecule has 10 heteroatoms. The van der Waals surface area contributed by atoms with Gasteiger partial charge in [-0.2, -0.15) is 18.2 Å². The molecule has 2 aromatic heterocycles. The number of rotatable bonds is 3. The fourth-order valence-corrected chi connectivity index (χ4v) is 4.70. The summed E-state index contributed by atoms with van der Waals surface area (Å²) in [5, 5.41) is 0.330. The maximum absolute atomic E-state index is 13.1. The van der Waals surface area contributed by atoms with E-state index in [4.69, 9.17) is 27.6 Å². The molecule has 5 nitrogen and oxygen atoms in total. The maximum atomic E-state index is 13.1. The predicted molar refractivity (Wildman–Crippen MR) is 137 cm³/mol. The number of carbonyl (C=O) groups excluding carboxylic acids is 2. The summed E-state index contributed by atoms with van der Waals surface area (Å²) in [7, 11) is 0. The lowest BCUT2D eigenvalue weighted by molar-refractivity contribution is -0.137. The molecule has 0 saturated heterocycles. The summed E-state index contributed by atoms with van der Waals surface area (Å²) < 4.78 is 46.5. The number of allylic oxidation sites excluding steroid dienone is 1. The summed E-state index contributed by atoms with van der Waals surface area (Å²) in [4.78, 5) is 30.7. The first-order chi connectivity index (χ1) is 18.1. The van der Waals surface area contributed by atoms with Crippen LogP contribution in [0.5, 0.6) is 0 Å². The van der Waals surface area contributed by atoms with Crippen LogP contribution in [0.25, 0.3) is 34.4 Å². The van der Waals surface area contributed by atoms with Crippen LogP contribution in [0.3, 0.4) is 0 Å². The first-order valence-corrected chi connectivity index (χ1v) is 11.9. The van der Waals surface area contributed by atoms with Crippen LogP contribution in [-0.4, -0.2) is 21.1 Å². The van der Waals surface area contributed by atoms with Gasteiger partial charge in [0.1, 0.15) is 0 Å². The molecule has 0 radical (unpaired) electrons. The highest BCUT2D eigenvalue weighted by Crippen LogP contribution is 2.36. The Kier molecular flexibility index (Phi) is 5.55. The molecular weight excluding hydrogens is 540 g/mol. The highest BCUT2D eigenvalue weighted by Gasteiger charge is 2.35. The number of hydrogen-bond acceptors (Lipinski definition) is 4. The van der Waals surface area contributed by atoms with Gasteiger partial charge in [0.25, 0.3) is 0 Å². The Morgan fingerprint density at radius 1 is 0.842 bits per heavy atom. The van der Waals surface area contributed by atoms with E-state index in [9.17, 15) is 22.8 Å². The van der Waals surface area contributed by atoms with Crippen molar-refractivity contribution in [2.75, 3.05) is 0 Å². The number of oxazole rings is 1. The topological polar surface area (TPSA) is 65.1 Å². The van der Waals surface area contributed by atoms with Gasteiger partial charge in [0, 0.05) is 28.4 Å². The number of Topliss-reactive ketones (excluding diaryl/α,β-unsaturated/α-hetero) is 2. The second kappa shape index (κ2) is 8.72. The zero-order valence-corrected chi connectivity index (χ0v) is 20.5. The number of fused-ring (bicyclic) bond motifs is 2. The number of carbonyl (C=O) groups is 2. The molecule has 3 aromatic carbocycles. The number of aromatic nitrogens is 2. The number of halogens is 5. The highest BCUT2D eigenvalue weighted by molar-refractivity contribution is 6.46. The van der Waals surface area contributed by atoms with Gasteiger partial charge in [0.2, 0.25) is 5.89 Å². The fourth-order valence-electron chi connectivity index (χ4n) is 4.37. The van der Waals surface area contributed by atoms with Crippen molar-refractivity contribution >= 4 is 52.1 Å². The minimum atomic E-state index is -4.46. The van der Waals surface area contributed by atoms with Crippen LogP contribution in [0.2, 0.25) is 10.0 Å². The van der Waals surface area contributed by atoms with E-state index in [1.165, 1.54) is 30.3 Å². The molecule has 188 valence electrons. The summed E-state index contributed by atoms with van der Waals surface area (Å²) in [5.41, 5.74) is 1.63. The molecule has 0 N–H and O–H groups in total. The van der Waals surface area contributed by atoms with Crippen molar-refractivity contribution in [2.45, 2.75) is 6.18 Å². The Balaban J connectivity index is 1.48. The van der Waals surface area contributed by atoms with Crippen molar-refractivity contribution in [1.29, 1.82) is 0 Å². The average Bonchev–Trinajstić information content (AvgIpc) is 3.51. The van der Waals surface area contributed by atoms with Crippen LogP contribution >= 0.6 is 23.2 Å². The number of hydrogen-bond donors (Lipinski definition) is 0. The van der Waals surface area contributed by atoms with Gasteiger partial charge in [0.05, 0.1) is 26.9 Å². The van der Waals surface area contributed by atoms with Crippen molar-refractivity contribution < 1.29 is 27.2 Å². The molecular formula is C28H13Cl2F3N2O3. The molecule has 6 rings (SSSR count).